The summed E-state index contributed by atoms with van der Waals surface area (Å²) < 4.78 is 14.3. The molecule has 0 heterocycles. The van der Waals surface area contributed by atoms with Gasteiger partial charge in [0, 0.05) is 0 Å². The van der Waals surface area contributed by atoms with Crippen molar-refractivity contribution in [3.8, 4) is 6.07 Å². The lowest BCUT2D eigenvalue weighted by atomic mass is 9.69. The van der Waals surface area contributed by atoms with Crippen molar-refractivity contribution in [3.63, 3.8) is 0 Å². The highest BCUT2D eigenvalue weighted by Crippen LogP contribution is 2.41. The van der Waals surface area contributed by atoms with Crippen LogP contribution in [0.4, 0.5) is 4.39 Å². The molecule has 0 aliphatic heterocycles. The van der Waals surface area contributed by atoms with Gasteiger partial charge < -0.3 is 0 Å². The van der Waals surface area contributed by atoms with Gasteiger partial charge in [-0.3, -0.25) is 0 Å². The summed E-state index contributed by atoms with van der Waals surface area (Å²) in [5.74, 6) is 2.26. The topological polar surface area (TPSA) is 23.8 Å². The van der Waals surface area contributed by atoms with Gasteiger partial charge in [-0.15, -0.1) is 0 Å². The van der Waals surface area contributed by atoms with E-state index in [1.165, 1.54) is 57.8 Å². The quantitative estimate of drug-likeness (QED) is 0.536. The van der Waals surface area contributed by atoms with E-state index in [-0.39, 0.29) is 11.4 Å². The lowest BCUT2D eigenvalue weighted by Crippen LogP contribution is -2.27. The van der Waals surface area contributed by atoms with Gasteiger partial charge in [-0.05, 0) is 67.1 Å². The average Bonchev–Trinajstić information content (AvgIpc) is 2.66. The van der Waals surface area contributed by atoms with E-state index in [0.29, 0.717) is 0 Å². The molecule has 1 aromatic rings. The molecule has 0 saturated heterocycles. The van der Waals surface area contributed by atoms with Crippen molar-refractivity contribution in [2.45, 2.75) is 84.0 Å². The summed E-state index contributed by atoms with van der Waals surface area (Å²) in [6.45, 7) is 2.28. The molecule has 0 radical (unpaired) electrons. The summed E-state index contributed by atoms with van der Waals surface area (Å²) in [5.41, 5.74) is 2.19. The molecule has 1 fully saturated rings. The maximum atomic E-state index is 14.3. The van der Waals surface area contributed by atoms with Gasteiger partial charge in [-0.1, -0.05) is 57.9 Å². The molecular formula is C23H32FN. The average molecular weight is 342 g/mol. The van der Waals surface area contributed by atoms with Gasteiger partial charge in [0.15, 0.2) is 0 Å². The fourth-order valence-corrected chi connectivity index (χ4v) is 5.13. The zero-order chi connectivity index (χ0) is 17.6. The summed E-state index contributed by atoms with van der Waals surface area (Å²) in [4.78, 5) is 0. The van der Waals surface area contributed by atoms with E-state index in [9.17, 15) is 4.39 Å². The van der Waals surface area contributed by atoms with Crippen LogP contribution in [0.1, 0.15) is 87.8 Å². The SMILES string of the molecule is CCCCCCC1CCC(C2CCc3c(ccc(C#N)c3F)C2)CC1. The Morgan fingerprint density at radius 3 is 2.56 bits per heavy atom. The highest BCUT2D eigenvalue weighted by molar-refractivity contribution is 5.41. The second-order valence-electron chi connectivity index (χ2n) is 8.31. The zero-order valence-electron chi connectivity index (χ0n) is 15.7. The minimum atomic E-state index is -0.255. The van der Waals surface area contributed by atoms with Crippen molar-refractivity contribution >= 4 is 0 Å². The first-order chi connectivity index (χ1) is 12.2. The maximum Gasteiger partial charge on any atom is 0.144 e. The molecule has 0 aromatic heterocycles. The fraction of sp³-hybridized carbons (Fsp3) is 0.696. The Morgan fingerprint density at radius 1 is 1.04 bits per heavy atom. The number of rotatable bonds is 6. The summed E-state index contributed by atoms with van der Waals surface area (Å²) >= 11 is 0. The largest absolute Gasteiger partial charge is 0.205 e. The number of benzene rings is 1. The van der Waals surface area contributed by atoms with Crippen LogP contribution < -0.4 is 0 Å². The minimum absolute atomic E-state index is 0.209. The molecule has 1 atom stereocenters. The van der Waals surface area contributed by atoms with Crippen molar-refractivity contribution in [1.29, 1.82) is 5.26 Å². The predicted octanol–water partition coefficient (Wildman–Crippen LogP) is 6.58. The standard InChI is InChI=1S/C23H32FN/c1-2-3-4-5-6-17-7-9-18(10-8-17)19-13-14-22-20(15-19)11-12-21(16-25)23(22)24/h11-12,17-19H,2-10,13-15H2,1H3. The van der Waals surface area contributed by atoms with E-state index >= 15 is 0 Å². The van der Waals surface area contributed by atoms with Crippen LogP contribution >= 0.6 is 0 Å². The van der Waals surface area contributed by atoms with E-state index in [1.54, 1.807) is 6.07 Å². The molecule has 0 spiro atoms. The number of halogens is 1. The van der Waals surface area contributed by atoms with Crippen molar-refractivity contribution in [3.05, 3.63) is 34.6 Å². The highest BCUT2D eigenvalue weighted by Gasteiger charge is 2.31. The summed E-state index contributed by atoms with van der Waals surface area (Å²) in [5, 5.41) is 9.00. The van der Waals surface area contributed by atoms with E-state index < -0.39 is 0 Å². The van der Waals surface area contributed by atoms with Crippen LogP contribution in [0.5, 0.6) is 0 Å². The van der Waals surface area contributed by atoms with Gasteiger partial charge in [-0.25, -0.2) is 4.39 Å². The van der Waals surface area contributed by atoms with E-state index in [1.807, 2.05) is 12.1 Å². The van der Waals surface area contributed by atoms with Crippen LogP contribution in [-0.4, -0.2) is 0 Å². The van der Waals surface area contributed by atoms with E-state index in [2.05, 4.69) is 6.92 Å². The van der Waals surface area contributed by atoms with Gasteiger partial charge in [-0.2, -0.15) is 5.26 Å². The number of nitriles is 1. The molecule has 0 N–H and O–H groups in total. The first-order valence-corrected chi connectivity index (χ1v) is 10.4. The van der Waals surface area contributed by atoms with Crippen molar-refractivity contribution < 1.29 is 4.39 Å². The van der Waals surface area contributed by atoms with Crippen LogP contribution in [-0.2, 0) is 12.8 Å². The van der Waals surface area contributed by atoms with E-state index in [4.69, 9.17) is 5.26 Å². The third kappa shape index (κ3) is 4.43. The van der Waals surface area contributed by atoms with Crippen molar-refractivity contribution in [2.24, 2.45) is 17.8 Å². The molecular weight excluding hydrogens is 309 g/mol. The molecule has 0 amide bonds. The first-order valence-electron chi connectivity index (χ1n) is 10.4. The molecule has 25 heavy (non-hydrogen) atoms. The molecule has 136 valence electrons. The Balaban J connectivity index is 1.51. The summed E-state index contributed by atoms with van der Waals surface area (Å²) in [7, 11) is 0. The van der Waals surface area contributed by atoms with Crippen molar-refractivity contribution in [1.82, 2.24) is 0 Å². The Hall–Kier alpha value is -1.36. The second-order valence-corrected chi connectivity index (χ2v) is 8.31. The van der Waals surface area contributed by atoms with Crippen molar-refractivity contribution in [2.75, 3.05) is 0 Å². The molecule has 1 nitrogen and oxygen atoms in total. The number of hydrogen-bond acceptors (Lipinski definition) is 1. The predicted molar refractivity (Wildman–Crippen MR) is 101 cm³/mol. The maximum absolute atomic E-state index is 14.3. The molecule has 1 aromatic carbocycles. The number of unbranched alkanes of at least 4 members (excludes halogenated alkanes) is 3. The summed E-state index contributed by atoms with van der Waals surface area (Å²) in [6, 6.07) is 5.65. The molecule has 0 bridgehead atoms. The lowest BCUT2D eigenvalue weighted by Gasteiger charge is -2.36. The monoisotopic (exact) mass is 341 g/mol. The Labute approximate surface area is 152 Å². The van der Waals surface area contributed by atoms with Crippen LogP contribution in [0.3, 0.4) is 0 Å². The first kappa shape index (κ1) is 18.4. The Kier molecular flexibility index (Phi) is 6.51. The van der Waals surface area contributed by atoms with Crippen LogP contribution in [0.25, 0.3) is 0 Å². The van der Waals surface area contributed by atoms with E-state index in [0.717, 1.165) is 48.1 Å². The molecule has 2 aliphatic rings. The van der Waals surface area contributed by atoms with Gasteiger partial charge in [0.05, 0.1) is 5.56 Å². The minimum Gasteiger partial charge on any atom is -0.205 e. The van der Waals surface area contributed by atoms with Gasteiger partial charge in [0.2, 0.25) is 0 Å². The Bertz CT molecular complexity index is 607. The fourth-order valence-electron chi connectivity index (χ4n) is 5.13. The van der Waals surface area contributed by atoms with Crippen LogP contribution in [0, 0.1) is 34.9 Å². The van der Waals surface area contributed by atoms with Gasteiger partial charge in [0.1, 0.15) is 11.9 Å². The molecule has 1 saturated carbocycles. The van der Waals surface area contributed by atoms with Crippen LogP contribution in [0.2, 0.25) is 0 Å². The number of fused-ring (bicyclic) bond motifs is 1. The van der Waals surface area contributed by atoms with Gasteiger partial charge >= 0.3 is 0 Å². The normalized spacial score (nSPS) is 26.0. The zero-order valence-corrected chi connectivity index (χ0v) is 15.7. The second kappa shape index (κ2) is 8.84. The third-order valence-electron chi connectivity index (χ3n) is 6.73. The molecule has 2 aliphatic carbocycles. The molecule has 2 heteroatoms. The highest BCUT2D eigenvalue weighted by atomic mass is 19.1. The smallest absolute Gasteiger partial charge is 0.144 e. The number of nitrogens with zero attached hydrogens (tertiary/aromatic N) is 1. The molecule has 1 unspecified atom stereocenters. The lowest BCUT2D eigenvalue weighted by molar-refractivity contribution is 0.182. The Morgan fingerprint density at radius 2 is 1.84 bits per heavy atom. The molecule has 3 rings (SSSR count). The van der Waals surface area contributed by atoms with Crippen LogP contribution in [0.15, 0.2) is 12.1 Å². The number of hydrogen-bond donors (Lipinski definition) is 0. The summed E-state index contributed by atoms with van der Waals surface area (Å²) in [6.07, 6.45) is 15.5. The van der Waals surface area contributed by atoms with Gasteiger partial charge in [0.25, 0.3) is 0 Å². The third-order valence-corrected chi connectivity index (χ3v) is 6.73.